The second-order valence-electron chi connectivity index (χ2n) is 6.32. The lowest BCUT2D eigenvalue weighted by Crippen LogP contribution is -2.36. The molecule has 1 amide bonds. The van der Waals surface area contributed by atoms with Crippen molar-refractivity contribution in [2.75, 3.05) is 34.9 Å². The number of rotatable bonds is 8. The number of nitrogens with zero attached hydrogens (tertiary/aromatic N) is 2. The number of carbonyl (C=O) groups is 1. The highest BCUT2D eigenvalue weighted by molar-refractivity contribution is 6.42. The van der Waals surface area contributed by atoms with Crippen molar-refractivity contribution in [3.05, 3.63) is 57.6 Å². The van der Waals surface area contributed by atoms with Crippen molar-refractivity contribution >= 4 is 29.1 Å². The molecule has 0 spiro atoms. The van der Waals surface area contributed by atoms with Crippen LogP contribution in [0.15, 0.2) is 36.4 Å². The van der Waals surface area contributed by atoms with Gasteiger partial charge in [-0.05, 0) is 36.4 Å². The Labute approximate surface area is 170 Å². The number of hydrogen-bond donors (Lipinski definition) is 0. The molecule has 0 fully saturated rings. The average Bonchev–Trinajstić information content (AvgIpc) is 2.65. The molecule has 0 radical (unpaired) electrons. The zero-order valence-electron chi connectivity index (χ0n) is 16.0. The molecule has 5 nitrogen and oxygen atoms in total. The number of benzene rings is 2. The number of likely N-dealkylation sites (N-methyl/N-ethyl adjacent to an activating group) is 2. The number of hydrogen-bond acceptors (Lipinski definition) is 4. The van der Waals surface area contributed by atoms with Crippen molar-refractivity contribution in [2.24, 2.45) is 0 Å². The molecule has 27 heavy (non-hydrogen) atoms. The van der Waals surface area contributed by atoms with Gasteiger partial charge in [-0.15, -0.1) is 0 Å². The summed E-state index contributed by atoms with van der Waals surface area (Å²) in [5.74, 6) is 1.31. The van der Waals surface area contributed by atoms with Gasteiger partial charge in [0.1, 0.15) is 0 Å². The van der Waals surface area contributed by atoms with Gasteiger partial charge in [-0.25, -0.2) is 0 Å². The van der Waals surface area contributed by atoms with E-state index in [1.807, 2.05) is 42.3 Å². The molecule has 0 N–H and O–H groups in total. The summed E-state index contributed by atoms with van der Waals surface area (Å²) in [6, 6.07) is 11.1. The van der Waals surface area contributed by atoms with E-state index in [4.69, 9.17) is 32.7 Å². The van der Waals surface area contributed by atoms with E-state index in [0.717, 1.165) is 11.1 Å². The zero-order valence-corrected chi connectivity index (χ0v) is 17.5. The molecule has 0 aliphatic heterocycles. The van der Waals surface area contributed by atoms with Crippen molar-refractivity contribution in [1.29, 1.82) is 0 Å². The van der Waals surface area contributed by atoms with Gasteiger partial charge in [-0.2, -0.15) is 0 Å². The molecule has 2 aromatic carbocycles. The SMILES string of the molecule is COc1ccc(CN(C)C(=O)CN(C)Cc2cccc(Cl)c2Cl)cc1OC. The summed E-state index contributed by atoms with van der Waals surface area (Å²) in [6.45, 7) is 1.28. The lowest BCUT2D eigenvalue weighted by atomic mass is 10.2. The van der Waals surface area contributed by atoms with Crippen LogP contribution in [0.4, 0.5) is 0 Å². The maximum absolute atomic E-state index is 12.5. The Bertz CT molecular complexity index is 799. The fourth-order valence-corrected chi connectivity index (χ4v) is 3.09. The third-order valence-electron chi connectivity index (χ3n) is 4.17. The van der Waals surface area contributed by atoms with Crippen LogP contribution in [0.1, 0.15) is 11.1 Å². The highest BCUT2D eigenvalue weighted by Crippen LogP contribution is 2.28. The molecular formula is C20H24Cl2N2O3. The van der Waals surface area contributed by atoms with Crippen LogP contribution in [0.3, 0.4) is 0 Å². The standard InChI is InChI=1S/C20H24Cl2N2O3/c1-23(12-15-6-5-7-16(21)20(15)22)13-19(25)24(2)11-14-8-9-17(26-3)18(10-14)27-4/h5-10H,11-13H2,1-4H3. The average molecular weight is 411 g/mol. The van der Waals surface area contributed by atoms with Gasteiger partial charge in [-0.3, -0.25) is 9.69 Å². The van der Waals surface area contributed by atoms with E-state index in [1.54, 1.807) is 32.2 Å². The van der Waals surface area contributed by atoms with Crippen LogP contribution < -0.4 is 9.47 Å². The van der Waals surface area contributed by atoms with E-state index in [1.165, 1.54) is 0 Å². The smallest absolute Gasteiger partial charge is 0.236 e. The van der Waals surface area contributed by atoms with E-state index < -0.39 is 0 Å². The summed E-state index contributed by atoms with van der Waals surface area (Å²) in [4.78, 5) is 16.1. The molecule has 0 bridgehead atoms. The Morgan fingerprint density at radius 1 is 1.00 bits per heavy atom. The predicted molar refractivity (Wildman–Crippen MR) is 109 cm³/mol. The molecule has 0 atom stereocenters. The van der Waals surface area contributed by atoms with Gasteiger partial charge in [-0.1, -0.05) is 41.4 Å². The summed E-state index contributed by atoms with van der Waals surface area (Å²) in [5.41, 5.74) is 1.85. The largest absolute Gasteiger partial charge is 0.493 e. The van der Waals surface area contributed by atoms with Crippen molar-refractivity contribution in [2.45, 2.75) is 13.1 Å². The van der Waals surface area contributed by atoms with Gasteiger partial charge in [0.05, 0.1) is 30.8 Å². The van der Waals surface area contributed by atoms with E-state index in [0.29, 0.717) is 34.6 Å². The summed E-state index contributed by atoms with van der Waals surface area (Å²) >= 11 is 12.3. The van der Waals surface area contributed by atoms with E-state index in [9.17, 15) is 4.79 Å². The Balaban J connectivity index is 1.96. The molecule has 2 rings (SSSR count). The van der Waals surface area contributed by atoms with Crippen molar-refractivity contribution in [1.82, 2.24) is 9.80 Å². The third-order valence-corrected chi connectivity index (χ3v) is 5.03. The summed E-state index contributed by atoms with van der Waals surface area (Å²) in [5, 5.41) is 1.04. The van der Waals surface area contributed by atoms with Gasteiger partial charge in [0.25, 0.3) is 0 Å². The second kappa shape index (κ2) is 9.83. The minimum absolute atomic E-state index is 0.00503. The quantitative estimate of drug-likeness (QED) is 0.656. The summed E-state index contributed by atoms with van der Waals surface area (Å²) in [6.07, 6.45) is 0. The molecule has 0 aliphatic rings. The molecule has 0 aliphatic carbocycles. The van der Waals surface area contributed by atoms with Crippen LogP contribution in [-0.4, -0.2) is 50.6 Å². The second-order valence-corrected chi connectivity index (χ2v) is 7.11. The maximum Gasteiger partial charge on any atom is 0.236 e. The van der Waals surface area contributed by atoms with Crippen LogP contribution in [-0.2, 0) is 17.9 Å². The summed E-state index contributed by atoms with van der Waals surface area (Å²) in [7, 11) is 6.83. The Hall–Kier alpha value is -1.95. The molecule has 0 unspecified atom stereocenters. The van der Waals surface area contributed by atoms with Gasteiger partial charge in [0, 0.05) is 20.1 Å². The molecule has 0 heterocycles. The minimum atomic E-state index is 0.00503. The third kappa shape index (κ3) is 5.76. The molecule has 2 aromatic rings. The lowest BCUT2D eigenvalue weighted by molar-refractivity contribution is -0.131. The van der Waals surface area contributed by atoms with Crippen LogP contribution in [0.25, 0.3) is 0 Å². The number of ether oxygens (including phenoxy) is 2. The Kier molecular flexibility index (Phi) is 7.78. The molecule has 0 aromatic heterocycles. The van der Waals surface area contributed by atoms with Gasteiger partial charge >= 0.3 is 0 Å². The van der Waals surface area contributed by atoms with Crippen LogP contribution in [0.5, 0.6) is 11.5 Å². The number of carbonyl (C=O) groups excluding carboxylic acids is 1. The molecular weight excluding hydrogens is 387 g/mol. The first-order valence-electron chi connectivity index (χ1n) is 8.42. The van der Waals surface area contributed by atoms with Crippen LogP contribution in [0.2, 0.25) is 10.0 Å². The van der Waals surface area contributed by atoms with Crippen LogP contribution >= 0.6 is 23.2 Å². The highest BCUT2D eigenvalue weighted by atomic mass is 35.5. The van der Waals surface area contributed by atoms with Gasteiger partial charge in [0.15, 0.2) is 11.5 Å². The topological polar surface area (TPSA) is 42.0 Å². The molecule has 146 valence electrons. The van der Waals surface area contributed by atoms with E-state index in [2.05, 4.69) is 0 Å². The summed E-state index contributed by atoms with van der Waals surface area (Å²) < 4.78 is 10.5. The van der Waals surface area contributed by atoms with E-state index >= 15 is 0 Å². The van der Waals surface area contributed by atoms with Crippen molar-refractivity contribution in [3.63, 3.8) is 0 Å². The maximum atomic E-state index is 12.5. The fraction of sp³-hybridized carbons (Fsp3) is 0.350. The predicted octanol–water partition coefficient (Wildman–Crippen LogP) is 4.10. The number of amides is 1. The van der Waals surface area contributed by atoms with Crippen LogP contribution in [0, 0.1) is 0 Å². The first kappa shape index (κ1) is 21.4. The van der Waals surface area contributed by atoms with Gasteiger partial charge in [0.2, 0.25) is 5.91 Å². The van der Waals surface area contributed by atoms with Crippen molar-refractivity contribution < 1.29 is 14.3 Å². The lowest BCUT2D eigenvalue weighted by Gasteiger charge is -2.23. The zero-order chi connectivity index (χ0) is 20.0. The normalized spacial score (nSPS) is 10.8. The molecule has 0 saturated heterocycles. The molecule has 0 saturated carbocycles. The van der Waals surface area contributed by atoms with Gasteiger partial charge < -0.3 is 14.4 Å². The monoisotopic (exact) mass is 410 g/mol. The first-order valence-corrected chi connectivity index (χ1v) is 9.17. The highest BCUT2D eigenvalue weighted by Gasteiger charge is 2.15. The first-order chi connectivity index (χ1) is 12.8. The molecule has 7 heteroatoms. The number of halogens is 2. The fourth-order valence-electron chi connectivity index (χ4n) is 2.71. The Morgan fingerprint density at radius 2 is 1.70 bits per heavy atom. The number of methoxy groups -OCH3 is 2. The minimum Gasteiger partial charge on any atom is -0.493 e. The van der Waals surface area contributed by atoms with E-state index in [-0.39, 0.29) is 12.5 Å². The Morgan fingerprint density at radius 3 is 2.37 bits per heavy atom. The van der Waals surface area contributed by atoms with Crippen molar-refractivity contribution in [3.8, 4) is 11.5 Å².